The highest BCUT2D eigenvalue weighted by Crippen LogP contribution is 2.13. The second-order valence-electron chi connectivity index (χ2n) is 3.43. The van der Waals surface area contributed by atoms with E-state index < -0.39 is 0 Å². The predicted octanol–water partition coefficient (Wildman–Crippen LogP) is 4.02. The third-order valence-electron chi connectivity index (χ3n) is 2.07. The molecule has 1 rings (SSSR count). The number of benzene rings is 1. The van der Waals surface area contributed by atoms with Crippen LogP contribution in [-0.2, 0) is 0 Å². The summed E-state index contributed by atoms with van der Waals surface area (Å²) in [6.45, 7) is 2.13. The molecule has 0 amide bonds. The predicted molar refractivity (Wildman–Crippen MR) is 64.2 cm³/mol. The van der Waals surface area contributed by atoms with Crippen molar-refractivity contribution >= 4 is 15.9 Å². The van der Waals surface area contributed by atoms with Crippen LogP contribution in [0.3, 0.4) is 0 Å². The fraction of sp³-hybridized carbons (Fsp3) is 0.500. The van der Waals surface area contributed by atoms with Gasteiger partial charge in [-0.15, -0.1) is 0 Å². The number of unbranched alkanes of at least 4 members (excludes halogenated alkanes) is 1. The van der Waals surface area contributed by atoms with Crippen molar-refractivity contribution in [2.24, 2.45) is 0 Å². The monoisotopic (exact) mass is 256 g/mol. The van der Waals surface area contributed by atoms with E-state index in [1.165, 1.54) is 12.8 Å². The van der Waals surface area contributed by atoms with Crippen LogP contribution in [0.25, 0.3) is 0 Å². The summed E-state index contributed by atoms with van der Waals surface area (Å²) in [6.07, 6.45) is 3.89. The Labute approximate surface area is 94.6 Å². The number of hydrogen-bond donors (Lipinski definition) is 0. The van der Waals surface area contributed by atoms with E-state index in [4.69, 9.17) is 4.74 Å². The van der Waals surface area contributed by atoms with Crippen molar-refractivity contribution in [2.45, 2.75) is 32.3 Å². The number of rotatable bonds is 6. The quantitative estimate of drug-likeness (QED) is 0.552. The van der Waals surface area contributed by atoms with Gasteiger partial charge in [0.05, 0.1) is 6.10 Å². The Bertz CT molecular complexity index is 235. The highest BCUT2D eigenvalue weighted by Gasteiger charge is 2.02. The molecule has 0 aliphatic heterocycles. The molecule has 78 valence electrons. The average Bonchev–Trinajstić information content (AvgIpc) is 2.20. The molecule has 0 aliphatic rings. The van der Waals surface area contributed by atoms with E-state index in [0.29, 0.717) is 6.10 Å². The summed E-state index contributed by atoms with van der Waals surface area (Å²) in [5.74, 6) is 0.971. The molecule has 0 spiro atoms. The van der Waals surface area contributed by atoms with Crippen LogP contribution in [0.4, 0.5) is 0 Å². The Balaban J connectivity index is 2.23. The number of alkyl halides is 1. The van der Waals surface area contributed by atoms with Crippen LogP contribution in [0.15, 0.2) is 30.3 Å². The van der Waals surface area contributed by atoms with Crippen molar-refractivity contribution in [3.63, 3.8) is 0 Å². The van der Waals surface area contributed by atoms with E-state index in [9.17, 15) is 0 Å². The van der Waals surface area contributed by atoms with Crippen LogP contribution in [0.5, 0.6) is 5.75 Å². The van der Waals surface area contributed by atoms with E-state index in [2.05, 4.69) is 22.9 Å². The van der Waals surface area contributed by atoms with Crippen LogP contribution >= 0.6 is 15.9 Å². The number of hydrogen-bond acceptors (Lipinski definition) is 1. The summed E-state index contributed by atoms with van der Waals surface area (Å²) in [7, 11) is 0. The molecule has 2 heteroatoms. The summed E-state index contributed by atoms with van der Waals surface area (Å²) < 4.78 is 5.75. The Morgan fingerprint density at radius 2 is 1.93 bits per heavy atom. The minimum absolute atomic E-state index is 0.316. The summed E-state index contributed by atoms with van der Waals surface area (Å²) in [6, 6.07) is 10.0. The smallest absolute Gasteiger partial charge is 0.119 e. The van der Waals surface area contributed by atoms with Gasteiger partial charge in [-0.3, -0.25) is 0 Å². The van der Waals surface area contributed by atoms with Gasteiger partial charge in [0.25, 0.3) is 0 Å². The van der Waals surface area contributed by atoms with E-state index in [1.54, 1.807) is 0 Å². The van der Waals surface area contributed by atoms with Crippen molar-refractivity contribution in [3.05, 3.63) is 30.3 Å². The second-order valence-corrected chi connectivity index (χ2v) is 4.22. The summed E-state index contributed by atoms with van der Waals surface area (Å²) in [4.78, 5) is 0. The zero-order valence-electron chi connectivity index (χ0n) is 8.58. The molecule has 0 N–H and O–H groups in total. The highest BCUT2D eigenvalue weighted by atomic mass is 79.9. The third kappa shape index (κ3) is 4.66. The minimum Gasteiger partial charge on any atom is -0.491 e. The van der Waals surface area contributed by atoms with Crippen molar-refractivity contribution < 1.29 is 4.74 Å². The first-order valence-corrected chi connectivity index (χ1v) is 6.22. The van der Waals surface area contributed by atoms with E-state index >= 15 is 0 Å². The van der Waals surface area contributed by atoms with Gasteiger partial charge in [0.2, 0.25) is 0 Å². The number of halogens is 1. The van der Waals surface area contributed by atoms with Gasteiger partial charge in [-0.25, -0.2) is 0 Å². The first kappa shape index (κ1) is 11.6. The lowest BCUT2D eigenvalue weighted by atomic mass is 10.2. The van der Waals surface area contributed by atoms with Gasteiger partial charge < -0.3 is 4.74 Å². The Morgan fingerprint density at radius 3 is 2.57 bits per heavy atom. The Hall–Kier alpha value is -0.500. The van der Waals surface area contributed by atoms with Crippen molar-refractivity contribution in [3.8, 4) is 5.75 Å². The van der Waals surface area contributed by atoms with Crippen LogP contribution < -0.4 is 4.74 Å². The molecule has 1 nitrogen and oxygen atoms in total. The topological polar surface area (TPSA) is 9.23 Å². The molecule has 1 unspecified atom stereocenters. The lowest BCUT2D eigenvalue weighted by Crippen LogP contribution is -2.11. The molecule has 0 fully saturated rings. The number of para-hydroxylation sites is 1. The molecule has 0 bridgehead atoms. The lowest BCUT2D eigenvalue weighted by molar-refractivity contribution is 0.207. The normalized spacial score (nSPS) is 12.4. The molecule has 14 heavy (non-hydrogen) atoms. The van der Waals surface area contributed by atoms with Crippen LogP contribution in [-0.4, -0.2) is 11.4 Å². The van der Waals surface area contributed by atoms with Crippen LogP contribution in [0.2, 0.25) is 0 Å². The summed E-state index contributed by atoms with van der Waals surface area (Å²) >= 11 is 3.43. The molecule has 0 saturated carbocycles. The summed E-state index contributed by atoms with van der Waals surface area (Å²) in [5, 5.41) is 1.09. The maximum Gasteiger partial charge on any atom is 0.119 e. The Morgan fingerprint density at radius 1 is 1.21 bits per heavy atom. The van der Waals surface area contributed by atoms with Gasteiger partial charge in [0.1, 0.15) is 5.75 Å². The minimum atomic E-state index is 0.316. The SMILES string of the molecule is CC(CCCCBr)Oc1ccccc1. The molecule has 1 aromatic rings. The van der Waals surface area contributed by atoms with Gasteiger partial charge in [-0.05, 0) is 38.3 Å². The van der Waals surface area contributed by atoms with Crippen LogP contribution in [0.1, 0.15) is 26.2 Å². The maximum absolute atomic E-state index is 5.75. The van der Waals surface area contributed by atoms with E-state index in [1.807, 2.05) is 30.3 Å². The van der Waals surface area contributed by atoms with Crippen molar-refractivity contribution in [1.82, 2.24) is 0 Å². The van der Waals surface area contributed by atoms with Crippen LogP contribution in [0, 0.1) is 0 Å². The fourth-order valence-corrected chi connectivity index (χ4v) is 1.71. The average molecular weight is 257 g/mol. The molecular formula is C12H17BrO. The van der Waals surface area contributed by atoms with Crippen molar-refractivity contribution in [1.29, 1.82) is 0 Å². The van der Waals surface area contributed by atoms with Gasteiger partial charge in [-0.2, -0.15) is 0 Å². The molecule has 0 aromatic heterocycles. The Kier molecular flexibility index (Phi) is 5.69. The van der Waals surface area contributed by atoms with Gasteiger partial charge in [-0.1, -0.05) is 34.1 Å². The zero-order chi connectivity index (χ0) is 10.2. The van der Waals surface area contributed by atoms with Gasteiger partial charge in [0, 0.05) is 5.33 Å². The van der Waals surface area contributed by atoms with Gasteiger partial charge >= 0.3 is 0 Å². The zero-order valence-corrected chi connectivity index (χ0v) is 10.2. The molecule has 1 atom stereocenters. The standard InChI is InChI=1S/C12H17BrO/c1-11(7-5-6-10-13)14-12-8-3-2-4-9-12/h2-4,8-9,11H,5-7,10H2,1H3. The number of ether oxygens (including phenoxy) is 1. The molecule has 0 saturated heterocycles. The molecular weight excluding hydrogens is 240 g/mol. The third-order valence-corrected chi connectivity index (χ3v) is 2.64. The highest BCUT2D eigenvalue weighted by molar-refractivity contribution is 9.09. The molecule has 0 radical (unpaired) electrons. The van der Waals surface area contributed by atoms with E-state index in [-0.39, 0.29) is 0 Å². The fourth-order valence-electron chi connectivity index (χ4n) is 1.32. The van der Waals surface area contributed by atoms with Gasteiger partial charge in [0.15, 0.2) is 0 Å². The lowest BCUT2D eigenvalue weighted by Gasteiger charge is -2.13. The van der Waals surface area contributed by atoms with E-state index in [0.717, 1.165) is 17.5 Å². The first-order chi connectivity index (χ1) is 6.83. The largest absolute Gasteiger partial charge is 0.491 e. The maximum atomic E-state index is 5.75. The van der Waals surface area contributed by atoms with Crippen molar-refractivity contribution in [2.75, 3.05) is 5.33 Å². The molecule has 0 heterocycles. The molecule has 0 aliphatic carbocycles. The summed E-state index contributed by atoms with van der Waals surface area (Å²) in [5.41, 5.74) is 0. The second kappa shape index (κ2) is 6.88. The molecule has 1 aromatic carbocycles. The first-order valence-electron chi connectivity index (χ1n) is 5.10.